The maximum absolute atomic E-state index is 10.8. The van der Waals surface area contributed by atoms with Crippen molar-refractivity contribution in [2.24, 2.45) is 5.73 Å². The van der Waals surface area contributed by atoms with E-state index in [1.165, 1.54) is 6.20 Å². The molecule has 0 saturated carbocycles. The first-order valence-electron chi connectivity index (χ1n) is 4.77. The number of anilines is 1. The van der Waals surface area contributed by atoms with Crippen LogP contribution in [-0.2, 0) is 0 Å². The van der Waals surface area contributed by atoms with Crippen molar-refractivity contribution in [1.82, 2.24) is 4.98 Å². The number of nitrogens with two attached hydrogens (primary N) is 1. The average Bonchev–Trinajstić information content (AvgIpc) is 2.17. The monoisotopic (exact) mass is 209 g/mol. The molecule has 0 bridgehead atoms. The molecule has 5 nitrogen and oxygen atoms in total. The number of amides is 1. The van der Waals surface area contributed by atoms with Crippen LogP contribution in [0.3, 0.4) is 0 Å². The fraction of sp³-hybridized carbons (Fsp3) is 0.400. The Morgan fingerprint density at radius 3 is 3.07 bits per heavy atom. The first-order chi connectivity index (χ1) is 7.09. The van der Waals surface area contributed by atoms with Gasteiger partial charge in [0.15, 0.2) is 0 Å². The van der Waals surface area contributed by atoms with Crippen molar-refractivity contribution >= 4 is 11.6 Å². The number of carbonyl (C=O) groups excluding carboxylic acids is 1. The fourth-order valence-corrected chi connectivity index (χ4v) is 1.10. The minimum absolute atomic E-state index is 0.233. The van der Waals surface area contributed by atoms with Crippen molar-refractivity contribution in [3.8, 4) is 0 Å². The molecule has 1 rings (SSSR count). The zero-order chi connectivity index (χ0) is 11.3. The molecule has 1 amide bonds. The van der Waals surface area contributed by atoms with E-state index in [1.807, 2.05) is 0 Å². The van der Waals surface area contributed by atoms with Gasteiger partial charge in [0.25, 0.3) is 5.91 Å². The number of rotatable bonds is 5. The molecule has 0 radical (unpaired) electrons. The van der Waals surface area contributed by atoms with Crippen molar-refractivity contribution < 1.29 is 9.90 Å². The smallest absolute Gasteiger partial charge is 0.267 e. The van der Waals surface area contributed by atoms with Crippen molar-refractivity contribution in [1.29, 1.82) is 0 Å². The summed E-state index contributed by atoms with van der Waals surface area (Å²) in [4.78, 5) is 14.6. The molecule has 5 heteroatoms. The molecule has 82 valence electrons. The highest BCUT2D eigenvalue weighted by molar-refractivity contribution is 5.91. The zero-order valence-corrected chi connectivity index (χ0v) is 8.60. The van der Waals surface area contributed by atoms with Gasteiger partial charge in [-0.3, -0.25) is 9.78 Å². The number of nitrogens with one attached hydrogen (secondary N) is 1. The maximum Gasteiger partial charge on any atom is 0.267 e. The first-order valence-corrected chi connectivity index (χ1v) is 4.77. The van der Waals surface area contributed by atoms with Crippen LogP contribution in [0.5, 0.6) is 0 Å². The largest absolute Gasteiger partial charge is 0.393 e. The summed E-state index contributed by atoms with van der Waals surface area (Å²) in [6.45, 7) is 2.36. The number of hydrogen-bond donors (Lipinski definition) is 3. The van der Waals surface area contributed by atoms with Gasteiger partial charge >= 0.3 is 0 Å². The summed E-state index contributed by atoms with van der Waals surface area (Å²) in [5, 5.41) is 12.1. The van der Waals surface area contributed by atoms with E-state index in [2.05, 4.69) is 10.3 Å². The molecule has 1 atom stereocenters. The van der Waals surface area contributed by atoms with Gasteiger partial charge in [-0.05, 0) is 25.5 Å². The lowest BCUT2D eigenvalue weighted by atomic mass is 10.2. The Labute approximate surface area is 88.3 Å². The Morgan fingerprint density at radius 1 is 1.73 bits per heavy atom. The van der Waals surface area contributed by atoms with Gasteiger partial charge in [-0.1, -0.05) is 0 Å². The molecular weight excluding hydrogens is 194 g/mol. The number of nitrogens with zero attached hydrogens (tertiary/aromatic N) is 1. The van der Waals surface area contributed by atoms with Crippen molar-refractivity contribution in [3.05, 3.63) is 24.0 Å². The summed E-state index contributed by atoms with van der Waals surface area (Å²) >= 11 is 0. The van der Waals surface area contributed by atoms with Crippen LogP contribution in [0, 0.1) is 0 Å². The van der Waals surface area contributed by atoms with Crippen LogP contribution in [0.4, 0.5) is 5.69 Å². The van der Waals surface area contributed by atoms with Gasteiger partial charge in [-0.25, -0.2) is 0 Å². The third-order valence-electron chi connectivity index (χ3n) is 1.90. The second-order valence-electron chi connectivity index (χ2n) is 3.36. The summed E-state index contributed by atoms with van der Waals surface area (Å²) in [6.07, 6.45) is 1.83. The molecule has 1 unspecified atom stereocenters. The third kappa shape index (κ3) is 3.95. The third-order valence-corrected chi connectivity index (χ3v) is 1.90. The highest BCUT2D eigenvalue weighted by Gasteiger charge is 2.02. The molecule has 1 heterocycles. The van der Waals surface area contributed by atoms with Crippen LogP contribution in [0.1, 0.15) is 23.8 Å². The lowest BCUT2D eigenvalue weighted by Gasteiger charge is -2.08. The number of aliphatic hydroxyl groups is 1. The zero-order valence-electron chi connectivity index (χ0n) is 8.60. The molecule has 15 heavy (non-hydrogen) atoms. The molecule has 0 aliphatic carbocycles. The second kappa shape index (κ2) is 5.31. The first kappa shape index (κ1) is 11.5. The number of aliphatic hydroxyl groups excluding tert-OH is 1. The van der Waals surface area contributed by atoms with E-state index in [1.54, 1.807) is 19.1 Å². The van der Waals surface area contributed by atoms with Crippen LogP contribution in [-0.4, -0.2) is 28.6 Å². The number of hydrogen-bond acceptors (Lipinski definition) is 4. The summed E-state index contributed by atoms with van der Waals surface area (Å²) in [5.74, 6) is -0.547. The Kier molecular flexibility index (Phi) is 4.05. The molecule has 0 spiro atoms. The highest BCUT2D eigenvalue weighted by atomic mass is 16.3. The Balaban J connectivity index is 2.54. The fourth-order valence-electron chi connectivity index (χ4n) is 1.10. The van der Waals surface area contributed by atoms with Crippen LogP contribution in [0.25, 0.3) is 0 Å². The van der Waals surface area contributed by atoms with Gasteiger partial charge < -0.3 is 16.2 Å². The van der Waals surface area contributed by atoms with Crippen LogP contribution >= 0.6 is 0 Å². The molecule has 1 aromatic rings. The van der Waals surface area contributed by atoms with E-state index >= 15 is 0 Å². The highest BCUT2D eigenvalue weighted by Crippen LogP contribution is 2.07. The minimum Gasteiger partial charge on any atom is -0.393 e. The van der Waals surface area contributed by atoms with E-state index in [9.17, 15) is 4.79 Å². The van der Waals surface area contributed by atoms with Crippen molar-refractivity contribution in [2.75, 3.05) is 11.9 Å². The Morgan fingerprint density at radius 2 is 2.47 bits per heavy atom. The molecule has 4 N–H and O–H groups in total. The molecule has 0 aliphatic heterocycles. The lowest BCUT2D eigenvalue weighted by molar-refractivity contribution is 0.0995. The Hall–Kier alpha value is -1.62. The van der Waals surface area contributed by atoms with Gasteiger partial charge in [-0.15, -0.1) is 0 Å². The summed E-state index contributed by atoms with van der Waals surface area (Å²) in [5.41, 5.74) is 6.10. The number of primary amides is 1. The molecule has 1 aromatic heterocycles. The quantitative estimate of drug-likeness (QED) is 0.653. The second-order valence-corrected chi connectivity index (χ2v) is 3.36. The number of carbonyl (C=O) groups is 1. The SMILES string of the molecule is CC(O)CCNc1ccnc(C(N)=O)c1. The lowest BCUT2D eigenvalue weighted by Crippen LogP contribution is -2.14. The van der Waals surface area contributed by atoms with Crippen molar-refractivity contribution in [3.63, 3.8) is 0 Å². The topological polar surface area (TPSA) is 88.2 Å². The maximum atomic E-state index is 10.8. The number of aromatic nitrogens is 1. The normalized spacial score (nSPS) is 12.1. The molecule has 0 aliphatic rings. The predicted molar refractivity (Wildman–Crippen MR) is 57.5 cm³/mol. The standard InChI is InChI=1S/C10H15N3O2/c1-7(14)2-4-12-8-3-5-13-9(6-8)10(11)15/h3,5-7,14H,2,4H2,1H3,(H2,11,15)(H,12,13). The van der Waals surface area contributed by atoms with Gasteiger partial charge in [0.2, 0.25) is 0 Å². The molecule has 0 saturated heterocycles. The van der Waals surface area contributed by atoms with Crippen LogP contribution in [0.2, 0.25) is 0 Å². The Bertz CT molecular complexity index is 339. The molecular formula is C10H15N3O2. The van der Waals surface area contributed by atoms with E-state index in [-0.39, 0.29) is 11.8 Å². The summed E-state index contributed by atoms with van der Waals surface area (Å²) < 4.78 is 0. The van der Waals surface area contributed by atoms with E-state index in [0.717, 1.165) is 5.69 Å². The predicted octanol–water partition coefficient (Wildman–Crippen LogP) is 0.363. The van der Waals surface area contributed by atoms with E-state index in [0.29, 0.717) is 13.0 Å². The van der Waals surface area contributed by atoms with Gasteiger partial charge in [0.05, 0.1) is 6.10 Å². The average molecular weight is 209 g/mol. The number of pyridine rings is 1. The summed E-state index contributed by atoms with van der Waals surface area (Å²) in [7, 11) is 0. The van der Waals surface area contributed by atoms with Gasteiger partial charge in [0.1, 0.15) is 5.69 Å². The van der Waals surface area contributed by atoms with Crippen LogP contribution < -0.4 is 11.1 Å². The minimum atomic E-state index is -0.547. The van der Waals surface area contributed by atoms with Gasteiger partial charge in [-0.2, -0.15) is 0 Å². The van der Waals surface area contributed by atoms with E-state index in [4.69, 9.17) is 10.8 Å². The molecule has 0 fully saturated rings. The van der Waals surface area contributed by atoms with Crippen LogP contribution in [0.15, 0.2) is 18.3 Å². The van der Waals surface area contributed by atoms with E-state index < -0.39 is 5.91 Å². The van der Waals surface area contributed by atoms with Gasteiger partial charge in [0, 0.05) is 18.4 Å². The summed E-state index contributed by atoms with van der Waals surface area (Å²) in [6, 6.07) is 3.33. The van der Waals surface area contributed by atoms with Crippen molar-refractivity contribution in [2.45, 2.75) is 19.4 Å². The molecule has 0 aromatic carbocycles.